The average molecular weight is 147 g/mol. The Morgan fingerprint density at radius 3 is 2.12 bits per heavy atom. The van der Waals surface area contributed by atoms with Crippen LogP contribution in [0.1, 0.15) is 13.3 Å². The fraction of sp³-hybridized carbons (Fsp3) is 0.600. The predicted molar refractivity (Wildman–Crippen MR) is 25.1 cm³/mol. The van der Waals surface area contributed by atoms with Gasteiger partial charge in [0.2, 0.25) is 0 Å². The summed E-state index contributed by atoms with van der Waals surface area (Å²) in [6.07, 6.45) is 0.108. The number of rotatable bonds is 3. The summed E-state index contributed by atoms with van der Waals surface area (Å²) >= 11 is 1.76. The SMILES string of the molecule is CC(=O)CC(=O)[CH2][Ti]. The number of Topliss-reactive ketones (excluding diaryl/α,β-unsaturated/α-hetero) is 2. The molecule has 0 heterocycles. The Morgan fingerprint density at radius 2 is 2.00 bits per heavy atom. The Labute approximate surface area is 60.0 Å². The molecule has 0 saturated heterocycles. The van der Waals surface area contributed by atoms with Crippen molar-refractivity contribution in [3.05, 3.63) is 0 Å². The molecule has 0 amide bonds. The Kier molecular flexibility index (Phi) is 4.01. The van der Waals surface area contributed by atoms with Crippen LogP contribution in [0.2, 0.25) is 4.73 Å². The first kappa shape index (κ1) is 8.05. The Balaban J connectivity index is 3.40. The van der Waals surface area contributed by atoms with Gasteiger partial charge in [-0.3, -0.25) is 0 Å². The van der Waals surface area contributed by atoms with E-state index >= 15 is 0 Å². The zero-order valence-corrected chi connectivity index (χ0v) is 6.29. The minimum absolute atomic E-state index is 0.0255. The van der Waals surface area contributed by atoms with Crippen molar-refractivity contribution in [1.29, 1.82) is 0 Å². The molecule has 0 aliphatic carbocycles. The second kappa shape index (κ2) is 3.99. The molecule has 0 spiro atoms. The van der Waals surface area contributed by atoms with Crippen molar-refractivity contribution in [2.45, 2.75) is 18.1 Å². The molecule has 3 heteroatoms. The first-order valence-corrected chi connectivity index (χ1v) is 3.43. The molecule has 0 bridgehead atoms. The second-order valence-corrected chi connectivity index (χ2v) is 2.15. The summed E-state index contributed by atoms with van der Waals surface area (Å²) in [6, 6.07) is 0. The van der Waals surface area contributed by atoms with Gasteiger partial charge in [-0.05, 0) is 0 Å². The van der Waals surface area contributed by atoms with E-state index in [1.54, 1.807) is 20.4 Å². The van der Waals surface area contributed by atoms with Crippen LogP contribution in [0.3, 0.4) is 0 Å². The van der Waals surface area contributed by atoms with Crippen molar-refractivity contribution >= 4 is 11.6 Å². The summed E-state index contributed by atoms with van der Waals surface area (Å²) < 4.78 is 0.472. The first-order chi connectivity index (χ1) is 3.66. The molecule has 0 aliphatic heterocycles. The topological polar surface area (TPSA) is 34.1 Å². The van der Waals surface area contributed by atoms with E-state index < -0.39 is 0 Å². The van der Waals surface area contributed by atoms with Crippen LogP contribution in [0.4, 0.5) is 0 Å². The zero-order valence-electron chi connectivity index (χ0n) is 4.73. The first-order valence-electron chi connectivity index (χ1n) is 2.32. The molecule has 0 fully saturated rings. The van der Waals surface area contributed by atoms with Gasteiger partial charge in [0.1, 0.15) is 0 Å². The van der Waals surface area contributed by atoms with E-state index in [9.17, 15) is 9.59 Å². The van der Waals surface area contributed by atoms with Gasteiger partial charge < -0.3 is 0 Å². The molecule has 0 N–H and O–H groups in total. The summed E-state index contributed by atoms with van der Waals surface area (Å²) in [5.74, 6) is -0.0191. The summed E-state index contributed by atoms with van der Waals surface area (Å²) in [4.78, 5) is 20.6. The molecule has 0 aromatic carbocycles. The van der Waals surface area contributed by atoms with Crippen molar-refractivity contribution in [2.24, 2.45) is 0 Å². The fourth-order valence-electron chi connectivity index (χ4n) is 0.340. The van der Waals surface area contributed by atoms with Crippen molar-refractivity contribution in [3.63, 3.8) is 0 Å². The second-order valence-electron chi connectivity index (χ2n) is 1.59. The molecular weight excluding hydrogens is 140 g/mol. The molecule has 0 aromatic rings. The number of carbonyl (C=O) groups excluding carboxylic acids is 2. The Morgan fingerprint density at radius 1 is 1.50 bits per heavy atom. The van der Waals surface area contributed by atoms with Gasteiger partial charge in [0.15, 0.2) is 0 Å². The third-order valence-electron chi connectivity index (χ3n) is 0.643. The van der Waals surface area contributed by atoms with Gasteiger partial charge in [0.25, 0.3) is 0 Å². The molecule has 0 saturated carbocycles. The van der Waals surface area contributed by atoms with E-state index in [2.05, 4.69) is 0 Å². The molecule has 0 atom stereocenters. The van der Waals surface area contributed by atoms with Gasteiger partial charge in [0.05, 0.1) is 0 Å². The third kappa shape index (κ3) is 4.22. The van der Waals surface area contributed by atoms with E-state index in [0.717, 1.165) is 0 Å². The molecule has 0 radical (unpaired) electrons. The molecular formula is C5H7O2Ti. The van der Waals surface area contributed by atoms with Crippen molar-refractivity contribution in [2.75, 3.05) is 0 Å². The van der Waals surface area contributed by atoms with Gasteiger partial charge >= 0.3 is 59.7 Å². The molecule has 0 aromatic heterocycles. The van der Waals surface area contributed by atoms with Crippen LogP contribution in [0.15, 0.2) is 0 Å². The van der Waals surface area contributed by atoms with Gasteiger partial charge in [-0.1, -0.05) is 0 Å². The average Bonchev–Trinajstić information content (AvgIpc) is 1.65. The summed E-state index contributed by atoms with van der Waals surface area (Å²) in [7, 11) is 0. The fourth-order valence-corrected chi connectivity index (χ4v) is 0.535. The van der Waals surface area contributed by atoms with Crippen LogP contribution >= 0.6 is 0 Å². The molecule has 0 rings (SSSR count). The normalized spacial score (nSPS) is 8.50. The molecule has 2 nitrogen and oxygen atoms in total. The van der Waals surface area contributed by atoms with Crippen molar-refractivity contribution < 1.29 is 30.0 Å². The Hall–Kier alpha value is 0.0543. The van der Waals surface area contributed by atoms with Crippen LogP contribution < -0.4 is 0 Å². The quantitative estimate of drug-likeness (QED) is 0.430. The summed E-state index contributed by atoms with van der Waals surface area (Å²) in [5.41, 5.74) is 0. The van der Waals surface area contributed by atoms with Gasteiger partial charge in [-0.2, -0.15) is 0 Å². The van der Waals surface area contributed by atoms with Crippen LogP contribution in [0, 0.1) is 0 Å². The number of hydrogen-bond acceptors (Lipinski definition) is 2. The van der Waals surface area contributed by atoms with E-state index in [1.165, 1.54) is 6.92 Å². The van der Waals surface area contributed by atoms with E-state index in [-0.39, 0.29) is 18.0 Å². The predicted octanol–water partition coefficient (Wildman–Crippen LogP) is 0.500. The summed E-state index contributed by atoms with van der Waals surface area (Å²) in [5, 5.41) is 0. The number of hydrogen-bond donors (Lipinski definition) is 0. The summed E-state index contributed by atoms with van der Waals surface area (Å²) in [6.45, 7) is 1.42. The van der Waals surface area contributed by atoms with Crippen LogP contribution in [0.25, 0.3) is 0 Å². The zero-order chi connectivity index (χ0) is 6.57. The van der Waals surface area contributed by atoms with Gasteiger partial charge in [0, 0.05) is 0 Å². The monoisotopic (exact) mass is 147 g/mol. The molecule has 8 heavy (non-hydrogen) atoms. The standard InChI is InChI=1S/C5H7O2.Ti/c1-4(6)3-5(2)7;/h1,3H2,2H3;. The molecule has 43 valence electrons. The molecule has 0 unspecified atom stereocenters. The maximum atomic E-state index is 10.4. The number of ketones is 2. The Bertz CT molecular complexity index is 109. The third-order valence-corrected chi connectivity index (χ3v) is 1.26. The van der Waals surface area contributed by atoms with E-state index in [0.29, 0.717) is 4.73 Å². The maximum absolute atomic E-state index is 10.4. The van der Waals surface area contributed by atoms with Crippen molar-refractivity contribution in [1.82, 2.24) is 0 Å². The van der Waals surface area contributed by atoms with E-state index in [1.807, 2.05) is 0 Å². The molecule has 0 aliphatic rings. The van der Waals surface area contributed by atoms with Crippen LogP contribution in [-0.4, -0.2) is 11.6 Å². The number of carbonyl (C=O) groups is 2. The van der Waals surface area contributed by atoms with Crippen LogP contribution in [-0.2, 0) is 30.0 Å². The minimum atomic E-state index is -0.0446. The van der Waals surface area contributed by atoms with Crippen LogP contribution in [0.5, 0.6) is 0 Å². The van der Waals surface area contributed by atoms with Crippen molar-refractivity contribution in [3.8, 4) is 0 Å². The van der Waals surface area contributed by atoms with Gasteiger partial charge in [-0.25, -0.2) is 0 Å². The van der Waals surface area contributed by atoms with E-state index in [4.69, 9.17) is 0 Å². The van der Waals surface area contributed by atoms with Gasteiger partial charge in [-0.15, -0.1) is 0 Å².